The van der Waals surface area contributed by atoms with Crippen molar-refractivity contribution >= 4 is 5.91 Å². The monoisotopic (exact) mass is 235 g/mol. The third kappa shape index (κ3) is 2.04. The van der Waals surface area contributed by atoms with Crippen LogP contribution in [0.15, 0.2) is 0 Å². The zero-order chi connectivity index (χ0) is 11.7. The summed E-state index contributed by atoms with van der Waals surface area (Å²) in [6, 6.07) is -0.154. The highest BCUT2D eigenvalue weighted by Gasteiger charge is 2.25. The van der Waals surface area contributed by atoms with Crippen LogP contribution in [0.5, 0.6) is 0 Å². The number of fused-ring (bicyclic) bond motifs is 1. The van der Waals surface area contributed by atoms with Gasteiger partial charge in [-0.25, -0.2) is 0 Å². The molecule has 1 atom stereocenters. The van der Waals surface area contributed by atoms with Crippen LogP contribution < -0.4 is 10.6 Å². The van der Waals surface area contributed by atoms with Gasteiger partial charge in [-0.1, -0.05) is 0 Å². The van der Waals surface area contributed by atoms with Crippen molar-refractivity contribution in [2.45, 2.75) is 38.3 Å². The van der Waals surface area contributed by atoms with Crippen LogP contribution >= 0.6 is 0 Å². The Kier molecular flexibility index (Phi) is 2.80. The minimum atomic E-state index is -0.154. The first kappa shape index (κ1) is 10.7. The predicted octanol–water partition coefficient (Wildman–Crippen LogP) is -0.755. The van der Waals surface area contributed by atoms with Crippen LogP contribution in [-0.4, -0.2) is 39.8 Å². The van der Waals surface area contributed by atoms with Gasteiger partial charge in [-0.05, 0) is 12.8 Å². The Bertz CT molecular complexity index is 427. The first-order chi connectivity index (χ1) is 8.34. The van der Waals surface area contributed by atoms with Crippen molar-refractivity contribution in [1.82, 2.24) is 25.4 Å². The second-order valence-corrected chi connectivity index (χ2v) is 4.64. The molecule has 2 aliphatic heterocycles. The average Bonchev–Trinajstić information content (AvgIpc) is 2.76. The largest absolute Gasteiger partial charge is 0.353 e. The van der Waals surface area contributed by atoms with Crippen LogP contribution in [0.1, 0.15) is 24.5 Å². The van der Waals surface area contributed by atoms with Gasteiger partial charge in [0, 0.05) is 32.5 Å². The van der Waals surface area contributed by atoms with Gasteiger partial charge in [-0.15, -0.1) is 10.2 Å². The van der Waals surface area contributed by atoms with E-state index < -0.39 is 0 Å². The molecule has 1 saturated heterocycles. The molecule has 2 N–H and O–H groups in total. The van der Waals surface area contributed by atoms with Crippen LogP contribution in [0.2, 0.25) is 0 Å². The molecule has 1 fully saturated rings. The molecule has 3 rings (SSSR count). The molecule has 2 aliphatic rings. The number of aromatic nitrogens is 3. The van der Waals surface area contributed by atoms with Gasteiger partial charge in [0.05, 0.1) is 6.04 Å². The molecular formula is C11H17N5O. The molecule has 1 aromatic heterocycles. The highest BCUT2D eigenvalue weighted by molar-refractivity contribution is 5.82. The third-order valence-electron chi connectivity index (χ3n) is 3.45. The number of carbonyl (C=O) groups is 1. The molecule has 1 unspecified atom stereocenters. The van der Waals surface area contributed by atoms with E-state index in [4.69, 9.17) is 0 Å². The first-order valence-corrected chi connectivity index (χ1v) is 6.26. The molecule has 17 heavy (non-hydrogen) atoms. The zero-order valence-corrected chi connectivity index (χ0v) is 9.78. The van der Waals surface area contributed by atoms with E-state index in [9.17, 15) is 4.79 Å². The Hall–Kier alpha value is -1.43. The fourth-order valence-corrected chi connectivity index (χ4v) is 2.51. The summed E-state index contributed by atoms with van der Waals surface area (Å²) in [7, 11) is 0. The lowest BCUT2D eigenvalue weighted by Crippen LogP contribution is -2.54. The SMILES string of the molecule is O=C1NCCNC1Cc1nnc2n1CCCC2. The fourth-order valence-electron chi connectivity index (χ4n) is 2.51. The van der Waals surface area contributed by atoms with Crippen molar-refractivity contribution in [3.63, 3.8) is 0 Å². The number of aryl methyl sites for hydroxylation is 1. The second kappa shape index (κ2) is 4.44. The van der Waals surface area contributed by atoms with E-state index in [2.05, 4.69) is 25.4 Å². The number of nitrogens with one attached hydrogen (secondary N) is 2. The van der Waals surface area contributed by atoms with Crippen LogP contribution in [-0.2, 0) is 24.2 Å². The number of hydrogen-bond donors (Lipinski definition) is 2. The van der Waals surface area contributed by atoms with Crippen molar-refractivity contribution in [2.24, 2.45) is 0 Å². The molecule has 6 heteroatoms. The topological polar surface area (TPSA) is 71.8 Å². The molecule has 0 bridgehead atoms. The number of piperazine rings is 1. The van der Waals surface area contributed by atoms with Crippen LogP contribution in [0, 0.1) is 0 Å². The van der Waals surface area contributed by atoms with E-state index in [1.54, 1.807) is 0 Å². The molecule has 0 spiro atoms. The van der Waals surface area contributed by atoms with Crippen molar-refractivity contribution in [2.75, 3.05) is 13.1 Å². The molecule has 0 aliphatic carbocycles. The number of rotatable bonds is 2. The zero-order valence-electron chi connectivity index (χ0n) is 9.78. The number of amides is 1. The van der Waals surface area contributed by atoms with E-state index in [0.717, 1.165) is 31.2 Å². The van der Waals surface area contributed by atoms with Crippen molar-refractivity contribution in [3.8, 4) is 0 Å². The Morgan fingerprint density at radius 3 is 3.12 bits per heavy atom. The van der Waals surface area contributed by atoms with Gasteiger partial charge in [-0.2, -0.15) is 0 Å². The smallest absolute Gasteiger partial charge is 0.237 e. The summed E-state index contributed by atoms with van der Waals surface area (Å²) in [6.45, 7) is 2.54. The third-order valence-corrected chi connectivity index (χ3v) is 3.45. The Balaban J connectivity index is 1.76. The maximum Gasteiger partial charge on any atom is 0.237 e. The normalized spacial score (nSPS) is 24.2. The summed E-state index contributed by atoms with van der Waals surface area (Å²) in [4.78, 5) is 11.7. The molecule has 1 amide bonds. The van der Waals surface area contributed by atoms with Gasteiger partial charge in [0.25, 0.3) is 0 Å². The molecule has 92 valence electrons. The first-order valence-electron chi connectivity index (χ1n) is 6.26. The van der Waals surface area contributed by atoms with E-state index in [1.165, 1.54) is 12.8 Å². The Morgan fingerprint density at radius 1 is 1.29 bits per heavy atom. The van der Waals surface area contributed by atoms with Crippen molar-refractivity contribution in [3.05, 3.63) is 11.6 Å². The van der Waals surface area contributed by atoms with Crippen LogP contribution in [0.25, 0.3) is 0 Å². The molecule has 0 radical (unpaired) electrons. The summed E-state index contributed by atoms with van der Waals surface area (Å²) in [5.41, 5.74) is 0. The Labute approximate surface area is 99.8 Å². The number of carbonyl (C=O) groups excluding carboxylic acids is 1. The number of hydrogen-bond acceptors (Lipinski definition) is 4. The lowest BCUT2D eigenvalue weighted by atomic mass is 10.1. The van der Waals surface area contributed by atoms with E-state index >= 15 is 0 Å². The van der Waals surface area contributed by atoms with Gasteiger partial charge in [0.15, 0.2) is 0 Å². The molecule has 0 aromatic carbocycles. The molecule has 1 aromatic rings. The van der Waals surface area contributed by atoms with Gasteiger partial charge in [0.1, 0.15) is 11.6 Å². The Morgan fingerprint density at radius 2 is 2.24 bits per heavy atom. The molecule has 6 nitrogen and oxygen atoms in total. The van der Waals surface area contributed by atoms with Gasteiger partial charge in [0.2, 0.25) is 5.91 Å². The summed E-state index contributed by atoms with van der Waals surface area (Å²) < 4.78 is 2.17. The summed E-state index contributed by atoms with van der Waals surface area (Å²) in [5.74, 6) is 2.08. The summed E-state index contributed by atoms with van der Waals surface area (Å²) in [6.07, 6.45) is 4.03. The predicted molar refractivity (Wildman–Crippen MR) is 61.5 cm³/mol. The highest BCUT2D eigenvalue weighted by Crippen LogP contribution is 2.15. The van der Waals surface area contributed by atoms with Crippen LogP contribution in [0.4, 0.5) is 0 Å². The van der Waals surface area contributed by atoms with Crippen molar-refractivity contribution < 1.29 is 4.79 Å². The van der Waals surface area contributed by atoms with Gasteiger partial charge < -0.3 is 15.2 Å². The standard InChI is InChI=1S/C11H17N5O/c17-11-8(12-4-5-13-11)7-10-15-14-9-3-1-2-6-16(9)10/h8,12H,1-7H2,(H,13,17). The lowest BCUT2D eigenvalue weighted by Gasteiger charge is -2.23. The quantitative estimate of drug-likeness (QED) is 0.707. The maximum atomic E-state index is 11.7. The summed E-state index contributed by atoms with van der Waals surface area (Å²) >= 11 is 0. The van der Waals surface area contributed by atoms with Gasteiger partial charge in [-0.3, -0.25) is 4.79 Å². The molecular weight excluding hydrogens is 218 g/mol. The fraction of sp³-hybridized carbons (Fsp3) is 0.727. The molecule has 0 saturated carbocycles. The maximum absolute atomic E-state index is 11.7. The minimum Gasteiger partial charge on any atom is -0.353 e. The van der Waals surface area contributed by atoms with E-state index in [0.29, 0.717) is 13.0 Å². The minimum absolute atomic E-state index is 0.0735. The average molecular weight is 235 g/mol. The van der Waals surface area contributed by atoms with Crippen molar-refractivity contribution in [1.29, 1.82) is 0 Å². The van der Waals surface area contributed by atoms with E-state index in [1.807, 2.05) is 0 Å². The lowest BCUT2D eigenvalue weighted by molar-refractivity contribution is -0.124. The van der Waals surface area contributed by atoms with Crippen LogP contribution in [0.3, 0.4) is 0 Å². The molecule has 3 heterocycles. The highest BCUT2D eigenvalue weighted by atomic mass is 16.2. The van der Waals surface area contributed by atoms with Gasteiger partial charge >= 0.3 is 0 Å². The second-order valence-electron chi connectivity index (χ2n) is 4.64. The summed E-state index contributed by atoms with van der Waals surface area (Å²) in [5, 5.41) is 14.5. The number of nitrogens with zero attached hydrogens (tertiary/aromatic N) is 3. The van der Waals surface area contributed by atoms with E-state index in [-0.39, 0.29) is 11.9 Å².